The van der Waals surface area contributed by atoms with Crippen molar-refractivity contribution in [2.24, 2.45) is 0 Å². The van der Waals surface area contributed by atoms with Crippen LogP contribution in [-0.2, 0) is 9.05 Å². The van der Waals surface area contributed by atoms with Crippen LogP contribution in [0.1, 0.15) is 49.6 Å². The molecule has 1 fully saturated rings. The number of hydrogen-bond donors (Lipinski definition) is 0. The van der Waals surface area contributed by atoms with Crippen molar-refractivity contribution in [1.82, 2.24) is 4.90 Å². The third-order valence-corrected chi connectivity index (χ3v) is 5.82. The van der Waals surface area contributed by atoms with E-state index < -0.39 is 9.05 Å². The van der Waals surface area contributed by atoms with Crippen molar-refractivity contribution in [1.29, 1.82) is 0 Å². The van der Waals surface area contributed by atoms with Gasteiger partial charge in [-0.3, -0.25) is 4.79 Å². The molecule has 21 heavy (non-hydrogen) atoms. The number of amides is 1. The Balaban J connectivity index is 2.27. The van der Waals surface area contributed by atoms with Gasteiger partial charge in [0, 0.05) is 29.3 Å². The molecule has 0 spiro atoms. The number of halogens is 2. The maximum Gasteiger partial charge on any atom is 0.289 e. The largest absolute Gasteiger partial charge is 0.443 e. The number of hydrogen-bond acceptors (Lipinski definition) is 4. The molecule has 2 heterocycles. The van der Waals surface area contributed by atoms with Crippen LogP contribution in [-0.4, -0.2) is 31.8 Å². The van der Waals surface area contributed by atoms with Crippen molar-refractivity contribution in [2.75, 3.05) is 6.54 Å². The van der Waals surface area contributed by atoms with Crippen LogP contribution in [0.2, 0.25) is 0 Å². The predicted octanol–water partition coefficient (Wildman–Crippen LogP) is 3.76. The standard InChI is InChI=1S/C13H17BrClNO4S/c1-2-5-9-6-3-4-7-16(9)13(17)10-8-11(12(14)20-10)21(15,18)19/h8-9H,2-7H2,1H3. The van der Waals surface area contributed by atoms with E-state index in [4.69, 9.17) is 15.1 Å². The molecule has 0 aromatic carbocycles. The van der Waals surface area contributed by atoms with Gasteiger partial charge in [-0.15, -0.1) is 0 Å². The summed E-state index contributed by atoms with van der Waals surface area (Å²) in [5, 5.41) is 0. The van der Waals surface area contributed by atoms with E-state index in [2.05, 4.69) is 22.9 Å². The Bertz CT molecular complexity index is 626. The number of rotatable bonds is 4. The lowest BCUT2D eigenvalue weighted by Crippen LogP contribution is -2.43. The van der Waals surface area contributed by atoms with E-state index in [9.17, 15) is 13.2 Å². The Morgan fingerprint density at radius 1 is 1.52 bits per heavy atom. The summed E-state index contributed by atoms with van der Waals surface area (Å²) < 4.78 is 28.0. The lowest BCUT2D eigenvalue weighted by molar-refractivity contribution is 0.0567. The summed E-state index contributed by atoms with van der Waals surface area (Å²) in [7, 11) is 1.36. The van der Waals surface area contributed by atoms with Gasteiger partial charge in [0.25, 0.3) is 15.0 Å². The Morgan fingerprint density at radius 3 is 2.81 bits per heavy atom. The Kier molecular flexibility index (Phi) is 5.38. The third kappa shape index (κ3) is 3.81. The lowest BCUT2D eigenvalue weighted by Gasteiger charge is -2.35. The van der Waals surface area contributed by atoms with Crippen LogP contribution in [0.25, 0.3) is 0 Å². The van der Waals surface area contributed by atoms with Crippen LogP contribution < -0.4 is 0 Å². The van der Waals surface area contributed by atoms with Crippen LogP contribution in [0.4, 0.5) is 0 Å². The normalized spacial score (nSPS) is 19.8. The van der Waals surface area contributed by atoms with Crippen LogP contribution in [0.15, 0.2) is 20.0 Å². The minimum Gasteiger partial charge on any atom is -0.443 e. The van der Waals surface area contributed by atoms with E-state index in [0.29, 0.717) is 6.54 Å². The minimum atomic E-state index is -3.94. The molecule has 1 aliphatic rings. The molecule has 0 bridgehead atoms. The molecule has 1 aliphatic heterocycles. The number of carbonyl (C=O) groups is 1. The first-order valence-corrected chi connectivity index (χ1v) is 9.99. The fourth-order valence-corrected chi connectivity index (χ4v) is 4.70. The van der Waals surface area contributed by atoms with Crippen molar-refractivity contribution in [3.05, 3.63) is 16.5 Å². The van der Waals surface area contributed by atoms with Crippen molar-refractivity contribution >= 4 is 41.6 Å². The topological polar surface area (TPSA) is 67.6 Å². The maximum absolute atomic E-state index is 12.6. The minimum absolute atomic E-state index is 0.00380. The second-order valence-corrected chi connectivity index (χ2v) is 8.38. The summed E-state index contributed by atoms with van der Waals surface area (Å²) in [6.45, 7) is 2.75. The molecule has 118 valence electrons. The second kappa shape index (κ2) is 6.71. The molecule has 1 aromatic heterocycles. The van der Waals surface area contributed by atoms with E-state index >= 15 is 0 Å². The lowest BCUT2D eigenvalue weighted by atomic mass is 9.98. The summed E-state index contributed by atoms with van der Waals surface area (Å²) in [4.78, 5) is 14.1. The fraction of sp³-hybridized carbons (Fsp3) is 0.615. The van der Waals surface area contributed by atoms with Crippen molar-refractivity contribution in [3.8, 4) is 0 Å². The van der Waals surface area contributed by atoms with Crippen LogP contribution in [0.3, 0.4) is 0 Å². The Morgan fingerprint density at radius 2 is 2.24 bits per heavy atom. The maximum atomic E-state index is 12.6. The first-order chi connectivity index (χ1) is 9.84. The van der Waals surface area contributed by atoms with Crippen LogP contribution in [0.5, 0.6) is 0 Å². The Labute approximate surface area is 137 Å². The van der Waals surface area contributed by atoms with E-state index in [1.807, 2.05) is 0 Å². The summed E-state index contributed by atoms with van der Waals surface area (Å²) in [5.74, 6) is -0.274. The molecule has 1 amide bonds. The van der Waals surface area contributed by atoms with E-state index in [1.165, 1.54) is 6.07 Å². The fourth-order valence-electron chi connectivity index (χ4n) is 2.67. The van der Waals surface area contributed by atoms with Crippen LogP contribution in [0, 0.1) is 0 Å². The highest BCUT2D eigenvalue weighted by Crippen LogP contribution is 2.31. The molecule has 1 aromatic rings. The third-order valence-electron chi connectivity index (χ3n) is 3.64. The van der Waals surface area contributed by atoms with Gasteiger partial charge in [-0.25, -0.2) is 8.42 Å². The number of likely N-dealkylation sites (tertiary alicyclic amines) is 1. The Hall–Kier alpha value is -0.530. The van der Waals surface area contributed by atoms with E-state index in [-0.39, 0.29) is 27.3 Å². The highest BCUT2D eigenvalue weighted by atomic mass is 79.9. The molecule has 1 saturated heterocycles. The molecule has 0 saturated carbocycles. The summed E-state index contributed by atoms with van der Waals surface area (Å²) in [5.41, 5.74) is 0. The molecular weight excluding hydrogens is 382 g/mol. The molecular formula is C13H17BrClNO4S. The summed E-state index contributed by atoms with van der Waals surface area (Å²) >= 11 is 2.99. The smallest absolute Gasteiger partial charge is 0.289 e. The van der Waals surface area contributed by atoms with Gasteiger partial charge in [0.15, 0.2) is 10.4 Å². The molecule has 1 atom stereocenters. The number of furan rings is 1. The number of carbonyl (C=O) groups excluding carboxylic acids is 1. The average molecular weight is 399 g/mol. The van der Waals surface area contributed by atoms with Gasteiger partial charge >= 0.3 is 0 Å². The van der Waals surface area contributed by atoms with E-state index in [0.717, 1.165) is 32.1 Å². The van der Waals surface area contributed by atoms with Gasteiger partial charge < -0.3 is 9.32 Å². The predicted molar refractivity (Wildman–Crippen MR) is 83.0 cm³/mol. The van der Waals surface area contributed by atoms with Gasteiger partial charge in [-0.1, -0.05) is 13.3 Å². The van der Waals surface area contributed by atoms with Gasteiger partial charge in [0.2, 0.25) is 0 Å². The molecule has 8 heteroatoms. The second-order valence-electron chi connectivity index (χ2n) is 5.12. The monoisotopic (exact) mass is 397 g/mol. The van der Waals surface area contributed by atoms with Crippen LogP contribution >= 0.6 is 26.6 Å². The summed E-state index contributed by atoms with van der Waals surface area (Å²) in [6.07, 6.45) is 4.97. The average Bonchev–Trinajstić information content (AvgIpc) is 2.81. The first-order valence-electron chi connectivity index (χ1n) is 6.89. The van der Waals surface area contributed by atoms with Crippen molar-refractivity contribution in [2.45, 2.75) is 50.0 Å². The summed E-state index contributed by atoms with van der Waals surface area (Å²) in [6, 6.07) is 1.38. The van der Waals surface area contributed by atoms with Gasteiger partial charge in [0.05, 0.1) is 0 Å². The quantitative estimate of drug-likeness (QED) is 0.724. The molecule has 0 radical (unpaired) electrons. The highest BCUT2D eigenvalue weighted by molar-refractivity contribution is 9.10. The molecule has 1 unspecified atom stereocenters. The van der Waals surface area contributed by atoms with Gasteiger partial charge in [-0.2, -0.15) is 0 Å². The zero-order valence-corrected chi connectivity index (χ0v) is 14.8. The van der Waals surface area contributed by atoms with Crippen molar-refractivity contribution < 1.29 is 17.6 Å². The van der Waals surface area contributed by atoms with Gasteiger partial charge in [0.1, 0.15) is 4.90 Å². The zero-order chi connectivity index (χ0) is 15.6. The van der Waals surface area contributed by atoms with Gasteiger partial charge in [-0.05, 0) is 41.6 Å². The number of nitrogens with zero attached hydrogens (tertiary/aromatic N) is 1. The molecule has 0 aliphatic carbocycles. The number of piperidine rings is 1. The molecule has 0 N–H and O–H groups in total. The molecule has 2 rings (SSSR count). The first kappa shape index (κ1) is 16.8. The molecule has 5 nitrogen and oxygen atoms in total. The zero-order valence-electron chi connectivity index (χ0n) is 11.6. The SMILES string of the molecule is CCCC1CCCCN1C(=O)c1cc(S(=O)(=O)Cl)c(Br)o1. The van der Waals surface area contributed by atoms with Crippen molar-refractivity contribution in [3.63, 3.8) is 0 Å². The van der Waals surface area contributed by atoms with E-state index in [1.54, 1.807) is 4.90 Å². The highest BCUT2D eigenvalue weighted by Gasteiger charge is 2.31.